The number of hydrazine groups is 1. The molecule has 0 saturated heterocycles. The molecule has 0 heterocycles. The third-order valence-electron chi connectivity index (χ3n) is 3.84. The van der Waals surface area contributed by atoms with Crippen molar-refractivity contribution in [2.24, 2.45) is 5.92 Å². The third-order valence-corrected chi connectivity index (χ3v) is 3.84. The molecule has 106 valence electrons. The number of hydrogen-bond donors (Lipinski definition) is 2. The summed E-state index contributed by atoms with van der Waals surface area (Å²) in [6.07, 6.45) is 8.15. The first-order valence-electron chi connectivity index (χ1n) is 7.28. The summed E-state index contributed by atoms with van der Waals surface area (Å²) in [4.78, 5) is 12.0. The number of nitrogens with one attached hydrogen (secondary N) is 2. The third kappa shape index (κ3) is 4.09. The Morgan fingerprint density at radius 2 is 1.95 bits per heavy atom. The van der Waals surface area contributed by atoms with Crippen molar-refractivity contribution in [3.8, 4) is 0 Å². The van der Waals surface area contributed by atoms with E-state index < -0.39 is 0 Å². The van der Waals surface area contributed by atoms with E-state index in [1.165, 1.54) is 32.1 Å². The van der Waals surface area contributed by atoms with E-state index in [0.29, 0.717) is 11.5 Å². The van der Waals surface area contributed by atoms with E-state index >= 15 is 0 Å². The Bertz CT molecular complexity index is 471. The molecule has 2 N–H and O–H groups in total. The molecule has 3 heteroatoms. The van der Waals surface area contributed by atoms with Gasteiger partial charge in [0.15, 0.2) is 0 Å². The molecular weight excluding hydrogens is 248 g/mol. The lowest BCUT2D eigenvalue weighted by Crippen LogP contribution is -2.47. The monoisotopic (exact) mass is 270 g/mol. The highest BCUT2D eigenvalue weighted by Crippen LogP contribution is 2.26. The minimum Gasteiger partial charge on any atom is -0.287 e. The van der Waals surface area contributed by atoms with E-state index in [1.807, 2.05) is 24.3 Å². The van der Waals surface area contributed by atoms with Crippen LogP contribution in [0.3, 0.4) is 0 Å². The fourth-order valence-electron chi connectivity index (χ4n) is 2.73. The Morgan fingerprint density at radius 1 is 1.25 bits per heavy atom. The van der Waals surface area contributed by atoms with E-state index in [0.717, 1.165) is 0 Å². The van der Waals surface area contributed by atoms with Crippen molar-refractivity contribution < 1.29 is 4.79 Å². The van der Waals surface area contributed by atoms with Crippen LogP contribution in [0.2, 0.25) is 0 Å². The van der Waals surface area contributed by atoms with Crippen LogP contribution in [0.1, 0.15) is 42.5 Å². The predicted molar refractivity (Wildman–Crippen MR) is 81.1 cm³/mol. The lowest BCUT2D eigenvalue weighted by Gasteiger charge is -2.28. The largest absolute Gasteiger partial charge is 0.287 e. The molecule has 1 aliphatic carbocycles. The summed E-state index contributed by atoms with van der Waals surface area (Å²) < 4.78 is 0. The number of benzene rings is 1. The molecule has 1 aliphatic rings. The second-order valence-electron chi connectivity index (χ2n) is 5.26. The van der Waals surface area contributed by atoms with Crippen molar-refractivity contribution >= 4 is 5.91 Å². The zero-order valence-corrected chi connectivity index (χ0v) is 11.8. The van der Waals surface area contributed by atoms with E-state index in [-0.39, 0.29) is 11.9 Å². The van der Waals surface area contributed by atoms with Gasteiger partial charge in [0.25, 0.3) is 5.91 Å². The Morgan fingerprint density at radius 3 is 2.60 bits per heavy atom. The summed E-state index contributed by atoms with van der Waals surface area (Å²) in [5, 5.41) is 0. The molecule has 20 heavy (non-hydrogen) atoms. The molecule has 0 aliphatic heterocycles. The first-order chi connectivity index (χ1) is 9.81. The molecule has 3 nitrogen and oxygen atoms in total. The molecule has 1 fully saturated rings. The first-order valence-corrected chi connectivity index (χ1v) is 7.28. The van der Waals surface area contributed by atoms with E-state index in [1.54, 1.807) is 12.1 Å². The van der Waals surface area contributed by atoms with Gasteiger partial charge in [-0.15, -0.1) is 5.73 Å². The van der Waals surface area contributed by atoms with Gasteiger partial charge in [-0.2, -0.15) is 0 Å². The Balaban J connectivity index is 1.91. The summed E-state index contributed by atoms with van der Waals surface area (Å²) in [6, 6.07) is 9.33. The molecule has 0 bridgehead atoms. The van der Waals surface area contributed by atoms with Gasteiger partial charge in [0.1, 0.15) is 0 Å². The van der Waals surface area contributed by atoms with Gasteiger partial charge in [-0.3, -0.25) is 10.2 Å². The van der Waals surface area contributed by atoms with E-state index in [4.69, 9.17) is 0 Å². The van der Waals surface area contributed by atoms with Crippen LogP contribution in [0, 0.1) is 5.92 Å². The van der Waals surface area contributed by atoms with Gasteiger partial charge in [0.2, 0.25) is 0 Å². The standard InChI is InChI=1S/C17H22N2O/c1-2-9-16(14-10-5-3-6-11-14)18-19-17(20)15-12-7-4-8-13-15/h4,7-9,12-14,16,18H,1,3,5-6,10-11H2,(H,19,20). The van der Waals surface area contributed by atoms with E-state index in [9.17, 15) is 4.79 Å². The SMILES string of the molecule is C=C=CC(NNC(=O)c1ccccc1)C1CCCCC1. The van der Waals surface area contributed by atoms with Crippen LogP contribution in [-0.2, 0) is 0 Å². The Kier molecular flexibility index (Phi) is 5.60. The molecular formula is C17H22N2O. The van der Waals surface area contributed by atoms with Gasteiger partial charge in [0.05, 0.1) is 6.04 Å². The van der Waals surface area contributed by atoms with Crippen LogP contribution in [0.25, 0.3) is 0 Å². The Hall–Kier alpha value is -1.83. The smallest absolute Gasteiger partial charge is 0.265 e. The maximum absolute atomic E-state index is 12.0. The summed E-state index contributed by atoms with van der Waals surface area (Å²) in [6.45, 7) is 3.65. The summed E-state index contributed by atoms with van der Waals surface area (Å²) >= 11 is 0. The topological polar surface area (TPSA) is 41.1 Å². The normalized spacial score (nSPS) is 17.0. The molecule has 1 aromatic carbocycles. The van der Waals surface area contributed by atoms with Crippen molar-refractivity contribution in [1.82, 2.24) is 10.9 Å². The second kappa shape index (κ2) is 7.68. The van der Waals surface area contributed by atoms with Crippen LogP contribution in [-0.4, -0.2) is 11.9 Å². The zero-order valence-electron chi connectivity index (χ0n) is 11.8. The molecule has 1 unspecified atom stereocenters. The molecule has 0 aromatic heterocycles. The number of rotatable bonds is 5. The maximum atomic E-state index is 12.0. The van der Waals surface area contributed by atoms with Crippen molar-refractivity contribution in [2.75, 3.05) is 0 Å². The molecule has 2 rings (SSSR count). The van der Waals surface area contributed by atoms with Gasteiger partial charge in [-0.1, -0.05) is 44.0 Å². The van der Waals surface area contributed by atoms with E-state index in [2.05, 4.69) is 23.2 Å². The van der Waals surface area contributed by atoms with Crippen molar-refractivity contribution in [1.29, 1.82) is 0 Å². The maximum Gasteiger partial charge on any atom is 0.265 e. The van der Waals surface area contributed by atoms with Gasteiger partial charge in [-0.25, -0.2) is 5.43 Å². The number of carbonyl (C=O) groups is 1. The highest BCUT2D eigenvalue weighted by Gasteiger charge is 2.22. The average molecular weight is 270 g/mol. The number of carbonyl (C=O) groups excluding carboxylic acids is 1. The van der Waals surface area contributed by atoms with Crippen LogP contribution >= 0.6 is 0 Å². The zero-order chi connectivity index (χ0) is 14.2. The molecule has 0 radical (unpaired) electrons. The quantitative estimate of drug-likeness (QED) is 0.637. The lowest BCUT2D eigenvalue weighted by atomic mass is 9.84. The van der Waals surface area contributed by atoms with Crippen molar-refractivity contribution in [3.63, 3.8) is 0 Å². The summed E-state index contributed by atoms with van der Waals surface area (Å²) in [5.41, 5.74) is 9.42. The first kappa shape index (κ1) is 14.6. The highest BCUT2D eigenvalue weighted by atomic mass is 16.2. The minimum atomic E-state index is -0.108. The molecule has 1 aromatic rings. The molecule has 0 spiro atoms. The average Bonchev–Trinajstić information content (AvgIpc) is 2.53. The molecule has 1 saturated carbocycles. The molecule has 1 amide bonds. The predicted octanol–water partition coefficient (Wildman–Crippen LogP) is 3.21. The van der Waals surface area contributed by atoms with Gasteiger partial charge >= 0.3 is 0 Å². The number of amides is 1. The fraction of sp³-hybridized carbons (Fsp3) is 0.412. The molecule has 1 atom stereocenters. The van der Waals surface area contributed by atoms with Crippen molar-refractivity contribution in [3.05, 3.63) is 54.3 Å². The van der Waals surface area contributed by atoms with Gasteiger partial charge < -0.3 is 0 Å². The fourth-order valence-corrected chi connectivity index (χ4v) is 2.73. The van der Waals surface area contributed by atoms with Crippen LogP contribution in [0.4, 0.5) is 0 Å². The van der Waals surface area contributed by atoms with Gasteiger partial charge in [-0.05, 0) is 37.0 Å². The van der Waals surface area contributed by atoms with Crippen molar-refractivity contribution in [2.45, 2.75) is 38.1 Å². The van der Waals surface area contributed by atoms with Gasteiger partial charge in [0, 0.05) is 5.56 Å². The lowest BCUT2D eigenvalue weighted by molar-refractivity contribution is 0.0920. The minimum absolute atomic E-state index is 0.108. The number of hydrogen-bond acceptors (Lipinski definition) is 2. The Labute approximate surface area is 120 Å². The summed E-state index contributed by atoms with van der Waals surface area (Å²) in [7, 11) is 0. The van der Waals surface area contributed by atoms with Crippen LogP contribution in [0.5, 0.6) is 0 Å². The summed E-state index contributed by atoms with van der Waals surface area (Å²) in [5.74, 6) is 0.443. The second-order valence-corrected chi connectivity index (χ2v) is 5.26. The van der Waals surface area contributed by atoms with Crippen LogP contribution in [0.15, 0.2) is 48.7 Å². The van der Waals surface area contributed by atoms with Crippen LogP contribution < -0.4 is 10.9 Å². The highest BCUT2D eigenvalue weighted by molar-refractivity contribution is 5.93.